The Hall–Kier alpha value is -2.66. The highest BCUT2D eigenvalue weighted by Crippen LogP contribution is 2.49. The van der Waals surface area contributed by atoms with Crippen molar-refractivity contribution in [1.29, 1.82) is 0 Å². The van der Waals surface area contributed by atoms with Crippen LogP contribution in [0.1, 0.15) is 39.9 Å². The van der Waals surface area contributed by atoms with Gasteiger partial charge in [0.25, 0.3) is 5.91 Å². The minimum absolute atomic E-state index is 0.106. The van der Waals surface area contributed by atoms with Crippen molar-refractivity contribution in [2.75, 3.05) is 31.6 Å². The SMILES string of the molecule is O=C(c1ccc2c(c1)C1C=CCC1C(c1cccnc1)N2)N1CCOCC1. The van der Waals surface area contributed by atoms with Gasteiger partial charge in [0.2, 0.25) is 0 Å². The Kier molecular flexibility index (Phi) is 4.17. The Balaban J connectivity index is 1.47. The number of ether oxygens (including phenoxy) is 1. The van der Waals surface area contributed by atoms with Gasteiger partial charge in [-0.05, 0) is 47.7 Å². The zero-order valence-electron chi connectivity index (χ0n) is 15.2. The first-order valence-electron chi connectivity index (χ1n) is 9.65. The summed E-state index contributed by atoms with van der Waals surface area (Å²) in [5, 5.41) is 3.71. The van der Waals surface area contributed by atoms with Crippen LogP contribution in [-0.4, -0.2) is 42.1 Å². The van der Waals surface area contributed by atoms with Gasteiger partial charge in [0.15, 0.2) is 0 Å². The number of anilines is 1. The third-order valence-corrected chi connectivity index (χ3v) is 5.95. The number of hydrogen-bond donors (Lipinski definition) is 1. The fourth-order valence-corrected chi connectivity index (χ4v) is 4.57. The van der Waals surface area contributed by atoms with Crippen LogP contribution in [0.25, 0.3) is 0 Å². The maximum Gasteiger partial charge on any atom is 0.254 e. The molecule has 5 heteroatoms. The van der Waals surface area contributed by atoms with E-state index in [1.54, 1.807) is 0 Å². The number of nitrogens with one attached hydrogen (secondary N) is 1. The second kappa shape index (κ2) is 6.82. The van der Waals surface area contributed by atoms with Crippen molar-refractivity contribution in [3.05, 3.63) is 71.6 Å². The lowest BCUT2D eigenvalue weighted by atomic mass is 9.77. The van der Waals surface area contributed by atoms with Crippen molar-refractivity contribution >= 4 is 11.6 Å². The molecule has 5 nitrogen and oxygen atoms in total. The molecule has 3 aliphatic rings. The van der Waals surface area contributed by atoms with Crippen LogP contribution in [0.5, 0.6) is 0 Å². The fraction of sp³-hybridized carbons (Fsp3) is 0.364. The van der Waals surface area contributed by atoms with E-state index in [0.717, 1.165) is 17.7 Å². The smallest absolute Gasteiger partial charge is 0.254 e. The molecule has 2 aliphatic heterocycles. The molecule has 1 saturated heterocycles. The molecule has 1 aromatic carbocycles. The number of carbonyl (C=O) groups excluding carboxylic acids is 1. The molecule has 0 saturated carbocycles. The summed E-state index contributed by atoms with van der Waals surface area (Å²) < 4.78 is 5.37. The zero-order valence-corrected chi connectivity index (χ0v) is 15.2. The zero-order chi connectivity index (χ0) is 18.2. The van der Waals surface area contributed by atoms with E-state index in [-0.39, 0.29) is 11.9 Å². The first-order chi connectivity index (χ1) is 13.3. The van der Waals surface area contributed by atoms with Gasteiger partial charge in [0.05, 0.1) is 19.3 Å². The van der Waals surface area contributed by atoms with Crippen LogP contribution in [0.15, 0.2) is 54.9 Å². The van der Waals surface area contributed by atoms with Crippen molar-refractivity contribution in [1.82, 2.24) is 9.88 Å². The van der Waals surface area contributed by atoms with Crippen LogP contribution in [0.2, 0.25) is 0 Å². The van der Waals surface area contributed by atoms with Gasteiger partial charge in [0.1, 0.15) is 0 Å². The predicted octanol–water partition coefficient (Wildman–Crippen LogP) is 3.38. The van der Waals surface area contributed by atoms with Crippen molar-refractivity contribution in [2.45, 2.75) is 18.4 Å². The molecule has 138 valence electrons. The third kappa shape index (κ3) is 2.92. The molecule has 3 unspecified atom stereocenters. The molecule has 0 spiro atoms. The molecule has 27 heavy (non-hydrogen) atoms. The molecule has 2 aromatic rings. The maximum absolute atomic E-state index is 12.9. The molecular weight excluding hydrogens is 338 g/mol. The summed E-state index contributed by atoms with van der Waals surface area (Å²) in [7, 11) is 0. The number of aromatic nitrogens is 1. The molecule has 0 radical (unpaired) electrons. The number of hydrogen-bond acceptors (Lipinski definition) is 4. The summed E-state index contributed by atoms with van der Waals surface area (Å²) in [4.78, 5) is 19.1. The second-order valence-corrected chi connectivity index (χ2v) is 7.47. The van der Waals surface area contributed by atoms with E-state index in [4.69, 9.17) is 4.74 Å². The van der Waals surface area contributed by atoms with Gasteiger partial charge in [-0.15, -0.1) is 0 Å². The Bertz CT molecular complexity index is 874. The van der Waals surface area contributed by atoms with E-state index in [1.807, 2.05) is 29.4 Å². The molecule has 3 atom stereocenters. The van der Waals surface area contributed by atoms with Crippen LogP contribution >= 0.6 is 0 Å². The first kappa shape index (κ1) is 16.5. The van der Waals surface area contributed by atoms with Gasteiger partial charge in [-0.3, -0.25) is 9.78 Å². The topological polar surface area (TPSA) is 54.5 Å². The summed E-state index contributed by atoms with van der Waals surface area (Å²) in [5.41, 5.74) is 4.34. The number of fused-ring (bicyclic) bond motifs is 3. The van der Waals surface area contributed by atoms with Crippen molar-refractivity contribution in [2.24, 2.45) is 5.92 Å². The molecule has 1 amide bonds. The van der Waals surface area contributed by atoms with E-state index >= 15 is 0 Å². The molecule has 1 aliphatic carbocycles. The van der Waals surface area contributed by atoms with Crippen LogP contribution < -0.4 is 5.32 Å². The van der Waals surface area contributed by atoms with Gasteiger partial charge in [-0.25, -0.2) is 0 Å². The van der Waals surface area contributed by atoms with Gasteiger partial charge in [-0.1, -0.05) is 18.2 Å². The predicted molar refractivity (Wildman–Crippen MR) is 104 cm³/mol. The van der Waals surface area contributed by atoms with Gasteiger partial charge < -0.3 is 15.0 Å². The number of amides is 1. The largest absolute Gasteiger partial charge is 0.378 e. The third-order valence-electron chi connectivity index (χ3n) is 5.95. The minimum atomic E-state index is 0.106. The van der Waals surface area contributed by atoms with Gasteiger partial charge in [-0.2, -0.15) is 0 Å². The highest BCUT2D eigenvalue weighted by Gasteiger charge is 2.38. The number of allylic oxidation sites excluding steroid dienone is 2. The normalized spacial score (nSPS) is 26.2. The molecule has 3 heterocycles. The lowest BCUT2D eigenvalue weighted by Crippen LogP contribution is -2.40. The van der Waals surface area contributed by atoms with Crippen LogP contribution in [0.4, 0.5) is 5.69 Å². The second-order valence-electron chi connectivity index (χ2n) is 7.47. The summed E-state index contributed by atoms with van der Waals surface area (Å²) in [6.07, 6.45) is 9.38. The average molecular weight is 361 g/mol. The summed E-state index contributed by atoms with van der Waals surface area (Å²) in [6.45, 7) is 2.59. The van der Waals surface area contributed by atoms with Gasteiger partial charge in [0, 0.05) is 42.7 Å². The lowest BCUT2D eigenvalue weighted by Gasteiger charge is -2.37. The molecule has 1 N–H and O–H groups in total. The quantitative estimate of drug-likeness (QED) is 0.833. The van der Waals surface area contributed by atoms with E-state index in [0.29, 0.717) is 38.1 Å². The van der Waals surface area contributed by atoms with Crippen molar-refractivity contribution in [3.8, 4) is 0 Å². The highest BCUT2D eigenvalue weighted by molar-refractivity contribution is 5.95. The molecule has 0 bridgehead atoms. The maximum atomic E-state index is 12.9. The summed E-state index contributed by atoms with van der Waals surface area (Å²) in [5.74, 6) is 0.897. The number of benzene rings is 1. The molecule has 1 fully saturated rings. The van der Waals surface area contributed by atoms with Crippen molar-refractivity contribution in [3.63, 3.8) is 0 Å². The van der Waals surface area contributed by atoms with Crippen LogP contribution in [0.3, 0.4) is 0 Å². The Morgan fingerprint density at radius 2 is 2.11 bits per heavy atom. The highest BCUT2D eigenvalue weighted by atomic mass is 16.5. The molecular formula is C22H23N3O2. The monoisotopic (exact) mass is 361 g/mol. The lowest BCUT2D eigenvalue weighted by molar-refractivity contribution is 0.0303. The van der Waals surface area contributed by atoms with E-state index in [1.165, 1.54) is 11.1 Å². The molecule has 5 rings (SSSR count). The standard InChI is InChI=1S/C22H23N3O2/c26-22(25-9-11-27-12-10-25)15-6-7-20-19(13-15)17-4-1-5-18(17)21(24-20)16-3-2-8-23-14-16/h1-4,6-8,13-14,17-18,21,24H,5,9-12H2. The van der Waals surface area contributed by atoms with Crippen molar-refractivity contribution < 1.29 is 9.53 Å². The number of rotatable bonds is 2. The van der Waals surface area contributed by atoms with E-state index < -0.39 is 0 Å². The summed E-state index contributed by atoms with van der Waals surface area (Å²) >= 11 is 0. The number of nitrogens with zero attached hydrogens (tertiary/aromatic N) is 2. The van der Waals surface area contributed by atoms with Crippen LogP contribution in [0, 0.1) is 5.92 Å². The average Bonchev–Trinajstić information content (AvgIpc) is 3.24. The Morgan fingerprint density at radius 1 is 1.22 bits per heavy atom. The van der Waals surface area contributed by atoms with E-state index in [9.17, 15) is 4.79 Å². The minimum Gasteiger partial charge on any atom is -0.378 e. The number of carbonyl (C=O) groups is 1. The first-order valence-corrected chi connectivity index (χ1v) is 9.65. The summed E-state index contributed by atoms with van der Waals surface area (Å²) in [6, 6.07) is 10.5. The van der Waals surface area contributed by atoms with Gasteiger partial charge >= 0.3 is 0 Å². The Morgan fingerprint density at radius 3 is 2.93 bits per heavy atom. The fourth-order valence-electron chi connectivity index (χ4n) is 4.57. The Labute approximate surface area is 159 Å². The molecule has 1 aromatic heterocycles. The number of pyridine rings is 1. The number of morpholine rings is 1. The van der Waals surface area contributed by atoms with Crippen LogP contribution in [-0.2, 0) is 4.74 Å². The van der Waals surface area contributed by atoms with E-state index in [2.05, 4.69) is 40.7 Å².